The number of benzene rings is 1. The second kappa shape index (κ2) is 6.67. The molecule has 0 spiro atoms. The van der Waals surface area contributed by atoms with Gasteiger partial charge in [-0.05, 0) is 12.1 Å². The fourth-order valence-electron chi connectivity index (χ4n) is 1.80. The maximum absolute atomic E-state index is 13.5. The second-order valence-electron chi connectivity index (χ2n) is 4.17. The Labute approximate surface area is 120 Å². The molecule has 0 N–H and O–H groups in total. The minimum atomic E-state index is -0.949. The molecule has 0 aliphatic carbocycles. The maximum Gasteiger partial charge on any atom is 0.343 e. The monoisotopic (exact) mass is 301 g/mol. The number of hydrogen-bond donors (Lipinski definition) is 0. The van der Waals surface area contributed by atoms with Crippen LogP contribution < -0.4 is 0 Å². The van der Waals surface area contributed by atoms with Gasteiger partial charge in [-0.1, -0.05) is 17.7 Å². The smallest absolute Gasteiger partial charge is 0.343 e. The molecule has 20 heavy (non-hydrogen) atoms. The molecule has 7 heteroatoms. The summed E-state index contributed by atoms with van der Waals surface area (Å²) in [5.41, 5.74) is -0.357. The number of carbonyl (C=O) groups is 2. The Morgan fingerprint density at radius 2 is 2.05 bits per heavy atom. The Morgan fingerprint density at radius 1 is 1.35 bits per heavy atom. The third kappa shape index (κ3) is 3.46. The molecule has 0 atom stereocenters. The molecule has 1 saturated heterocycles. The third-order valence-corrected chi connectivity index (χ3v) is 3.17. The lowest BCUT2D eigenvalue weighted by Crippen LogP contribution is -2.42. The molecule has 1 aliphatic rings. The summed E-state index contributed by atoms with van der Waals surface area (Å²) in [6, 6.07) is 3.87. The number of rotatable bonds is 3. The van der Waals surface area contributed by atoms with Gasteiger partial charge in [0, 0.05) is 13.1 Å². The number of carbonyl (C=O) groups excluding carboxylic acids is 2. The number of halogens is 2. The molecule has 0 bridgehead atoms. The summed E-state index contributed by atoms with van der Waals surface area (Å²) in [5, 5.41) is -0.0474. The normalized spacial score (nSPS) is 15.0. The van der Waals surface area contributed by atoms with Crippen LogP contribution in [0.15, 0.2) is 18.2 Å². The lowest BCUT2D eigenvalue weighted by atomic mass is 10.2. The molecule has 1 heterocycles. The van der Waals surface area contributed by atoms with Gasteiger partial charge in [-0.2, -0.15) is 0 Å². The van der Waals surface area contributed by atoms with Crippen molar-refractivity contribution >= 4 is 23.5 Å². The van der Waals surface area contributed by atoms with E-state index < -0.39 is 18.4 Å². The molecule has 1 aromatic rings. The minimum Gasteiger partial charge on any atom is -0.452 e. The van der Waals surface area contributed by atoms with Crippen LogP contribution in [0, 0.1) is 5.82 Å². The Balaban J connectivity index is 1.93. The van der Waals surface area contributed by atoms with Crippen molar-refractivity contribution < 1.29 is 23.5 Å². The van der Waals surface area contributed by atoms with Crippen molar-refractivity contribution in [3.8, 4) is 0 Å². The molecule has 108 valence electrons. The average molecular weight is 302 g/mol. The molecule has 0 radical (unpaired) electrons. The van der Waals surface area contributed by atoms with Crippen molar-refractivity contribution in [1.82, 2.24) is 4.90 Å². The second-order valence-corrected chi connectivity index (χ2v) is 4.57. The van der Waals surface area contributed by atoms with E-state index in [2.05, 4.69) is 0 Å². The van der Waals surface area contributed by atoms with Gasteiger partial charge in [-0.25, -0.2) is 9.18 Å². The number of amides is 1. The first-order valence-corrected chi connectivity index (χ1v) is 6.44. The Hall–Kier alpha value is -1.66. The summed E-state index contributed by atoms with van der Waals surface area (Å²) in [7, 11) is 0. The van der Waals surface area contributed by atoms with Crippen molar-refractivity contribution in [1.29, 1.82) is 0 Å². The lowest BCUT2D eigenvalue weighted by molar-refractivity contribution is -0.138. The number of esters is 1. The largest absolute Gasteiger partial charge is 0.452 e. The highest BCUT2D eigenvalue weighted by Gasteiger charge is 2.21. The van der Waals surface area contributed by atoms with Crippen LogP contribution in [0.5, 0.6) is 0 Å². The van der Waals surface area contributed by atoms with E-state index in [9.17, 15) is 14.0 Å². The summed E-state index contributed by atoms with van der Waals surface area (Å²) in [5.74, 6) is -2.06. The SMILES string of the molecule is O=C(OCC(=O)N1CCOCC1)c1c(F)cccc1Cl. The zero-order chi connectivity index (χ0) is 14.5. The first kappa shape index (κ1) is 14.7. The molecule has 1 amide bonds. The summed E-state index contributed by atoms with van der Waals surface area (Å²) >= 11 is 5.74. The molecule has 1 aromatic carbocycles. The van der Waals surface area contributed by atoms with Crippen LogP contribution in [0.25, 0.3) is 0 Å². The molecule has 0 unspecified atom stereocenters. The predicted molar refractivity (Wildman–Crippen MR) is 69.1 cm³/mol. The third-order valence-electron chi connectivity index (χ3n) is 2.86. The highest BCUT2D eigenvalue weighted by atomic mass is 35.5. The molecule has 1 aliphatic heterocycles. The average Bonchev–Trinajstić information content (AvgIpc) is 2.45. The number of hydrogen-bond acceptors (Lipinski definition) is 4. The van der Waals surface area contributed by atoms with Crippen LogP contribution in [0.4, 0.5) is 4.39 Å². The van der Waals surface area contributed by atoms with E-state index in [1.807, 2.05) is 0 Å². The zero-order valence-corrected chi connectivity index (χ0v) is 11.4. The van der Waals surface area contributed by atoms with Crippen molar-refractivity contribution in [3.63, 3.8) is 0 Å². The van der Waals surface area contributed by atoms with Crippen LogP contribution in [0.1, 0.15) is 10.4 Å². The van der Waals surface area contributed by atoms with Crippen LogP contribution in [-0.2, 0) is 14.3 Å². The lowest BCUT2D eigenvalue weighted by Gasteiger charge is -2.26. The quantitative estimate of drug-likeness (QED) is 0.794. The van der Waals surface area contributed by atoms with Gasteiger partial charge in [0.1, 0.15) is 11.4 Å². The topological polar surface area (TPSA) is 55.8 Å². The van der Waals surface area contributed by atoms with E-state index >= 15 is 0 Å². The summed E-state index contributed by atoms with van der Waals surface area (Å²) < 4.78 is 23.4. The summed E-state index contributed by atoms with van der Waals surface area (Å²) in [4.78, 5) is 25.0. The number of nitrogens with zero attached hydrogens (tertiary/aromatic N) is 1. The van der Waals surface area contributed by atoms with Gasteiger partial charge >= 0.3 is 5.97 Å². The van der Waals surface area contributed by atoms with Gasteiger partial charge in [-0.15, -0.1) is 0 Å². The molecule has 0 aromatic heterocycles. The highest BCUT2D eigenvalue weighted by molar-refractivity contribution is 6.33. The van der Waals surface area contributed by atoms with Gasteiger partial charge < -0.3 is 14.4 Å². The predicted octanol–water partition coefficient (Wildman–Crippen LogP) is 1.49. The Morgan fingerprint density at radius 3 is 2.70 bits per heavy atom. The van der Waals surface area contributed by atoms with Gasteiger partial charge in [0.2, 0.25) is 0 Å². The fourth-order valence-corrected chi connectivity index (χ4v) is 2.04. The van der Waals surface area contributed by atoms with E-state index in [1.54, 1.807) is 0 Å². The van der Waals surface area contributed by atoms with Gasteiger partial charge in [-0.3, -0.25) is 4.79 Å². The summed E-state index contributed by atoms with van der Waals surface area (Å²) in [6.45, 7) is 1.38. The van der Waals surface area contributed by atoms with Crippen LogP contribution in [0.2, 0.25) is 5.02 Å². The van der Waals surface area contributed by atoms with Gasteiger partial charge in [0.25, 0.3) is 5.91 Å². The van der Waals surface area contributed by atoms with E-state index in [0.717, 1.165) is 6.07 Å². The number of ether oxygens (including phenoxy) is 2. The maximum atomic E-state index is 13.5. The standard InChI is InChI=1S/C13H13ClFNO4/c14-9-2-1-3-10(15)12(9)13(18)20-8-11(17)16-4-6-19-7-5-16/h1-3H,4-8H2. The van der Waals surface area contributed by atoms with Gasteiger partial charge in [0.05, 0.1) is 18.2 Å². The summed E-state index contributed by atoms with van der Waals surface area (Å²) in [6.07, 6.45) is 0. The molecule has 2 rings (SSSR count). The van der Waals surface area contributed by atoms with Crippen molar-refractivity contribution in [2.45, 2.75) is 0 Å². The highest BCUT2D eigenvalue weighted by Crippen LogP contribution is 2.19. The van der Waals surface area contributed by atoms with Crippen LogP contribution >= 0.6 is 11.6 Å². The van der Waals surface area contributed by atoms with E-state index in [1.165, 1.54) is 17.0 Å². The Bertz CT molecular complexity index is 497. The van der Waals surface area contributed by atoms with Crippen molar-refractivity contribution in [2.75, 3.05) is 32.9 Å². The van der Waals surface area contributed by atoms with Crippen LogP contribution in [0.3, 0.4) is 0 Å². The molecule has 5 nitrogen and oxygen atoms in total. The van der Waals surface area contributed by atoms with E-state index in [-0.39, 0.29) is 16.5 Å². The molecule has 1 fully saturated rings. The molecule has 0 saturated carbocycles. The van der Waals surface area contributed by atoms with E-state index in [4.69, 9.17) is 21.1 Å². The van der Waals surface area contributed by atoms with Crippen molar-refractivity contribution in [2.24, 2.45) is 0 Å². The van der Waals surface area contributed by atoms with Crippen molar-refractivity contribution in [3.05, 3.63) is 34.6 Å². The van der Waals surface area contributed by atoms with E-state index in [0.29, 0.717) is 26.3 Å². The first-order chi connectivity index (χ1) is 9.59. The van der Waals surface area contributed by atoms with Crippen LogP contribution in [-0.4, -0.2) is 49.7 Å². The zero-order valence-electron chi connectivity index (χ0n) is 10.6. The van der Waals surface area contributed by atoms with Gasteiger partial charge in [0.15, 0.2) is 6.61 Å². The molecular weight excluding hydrogens is 289 g/mol. The first-order valence-electron chi connectivity index (χ1n) is 6.06. The molecular formula is C13H13ClFNO4. The Kier molecular flexibility index (Phi) is 4.92. The fraction of sp³-hybridized carbons (Fsp3) is 0.385. The minimum absolute atomic E-state index is 0.0474. The number of morpholine rings is 1.